The number of hydrogen-bond donors (Lipinski definition) is 3. The molecule has 0 aliphatic carbocycles. The highest BCUT2D eigenvalue weighted by atomic mass is 32.1. The molecule has 0 radical (unpaired) electrons. The van der Waals surface area contributed by atoms with Crippen molar-refractivity contribution in [3.63, 3.8) is 0 Å². The van der Waals surface area contributed by atoms with Crippen LogP contribution in [0.1, 0.15) is 34.6 Å². The van der Waals surface area contributed by atoms with Gasteiger partial charge in [0.05, 0.1) is 20.8 Å². The molecule has 5 rings (SSSR count). The van der Waals surface area contributed by atoms with Gasteiger partial charge in [0.2, 0.25) is 0 Å². The molecule has 0 unspecified atom stereocenters. The number of H-pyrrole nitrogens is 1. The fourth-order valence-corrected chi connectivity index (χ4v) is 5.14. The van der Waals surface area contributed by atoms with Crippen LogP contribution in [0.25, 0.3) is 21.7 Å². The second-order valence-electron chi connectivity index (χ2n) is 10.3. The lowest BCUT2D eigenvalue weighted by molar-refractivity contribution is 0.102. The molecule has 1 saturated heterocycles. The molecule has 2 aromatic carbocycles. The van der Waals surface area contributed by atoms with Crippen LogP contribution in [-0.2, 0) is 6.42 Å². The Hall–Kier alpha value is -3.48. The van der Waals surface area contributed by atoms with E-state index >= 15 is 0 Å². The Bertz CT molecular complexity index is 1480. The minimum Gasteiger partial charge on any atom is -0.378 e. The Morgan fingerprint density at radius 2 is 1.87 bits per heavy atom. The predicted molar refractivity (Wildman–Crippen MR) is 155 cm³/mol. The first-order valence-corrected chi connectivity index (χ1v) is 13.7. The minimum atomic E-state index is -1.03. The fraction of sp³-hybridized carbons (Fsp3) is 0.333. The van der Waals surface area contributed by atoms with E-state index in [1.165, 1.54) is 16.9 Å². The maximum absolute atomic E-state index is 12.9. The molecule has 38 heavy (non-hydrogen) atoms. The van der Waals surface area contributed by atoms with Crippen LogP contribution in [-0.4, -0.2) is 76.2 Å². The van der Waals surface area contributed by atoms with Crippen molar-refractivity contribution in [2.45, 2.75) is 25.9 Å². The highest BCUT2D eigenvalue weighted by Gasteiger charge is 2.14. The number of aliphatic hydroxyl groups is 1. The molecular weight excluding hydrogens is 494 g/mol. The van der Waals surface area contributed by atoms with Gasteiger partial charge in [-0.05, 0) is 75.3 Å². The maximum atomic E-state index is 12.9. The van der Waals surface area contributed by atoms with Crippen molar-refractivity contribution in [2.24, 2.45) is 0 Å². The topological polar surface area (TPSA) is 84.5 Å². The SMILES string of the molecule is CN1CCN(CCc2ccc(NC(=O)c3ccc4nc(-c5ccc(C#CC(C)(C)O)s5)[nH]c4c3)cc2)CC1. The number of amides is 1. The molecule has 7 nitrogen and oxygen atoms in total. The Morgan fingerprint density at radius 1 is 1.11 bits per heavy atom. The lowest BCUT2D eigenvalue weighted by Gasteiger charge is -2.32. The number of fused-ring (bicyclic) bond motifs is 1. The minimum absolute atomic E-state index is 0.159. The Labute approximate surface area is 227 Å². The van der Waals surface area contributed by atoms with Crippen LogP contribution in [0.15, 0.2) is 54.6 Å². The molecule has 3 heterocycles. The number of benzene rings is 2. The van der Waals surface area contributed by atoms with Crippen LogP contribution in [0.5, 0.6) is 0 Å². The standard InChI is InChI=1S/C30H33N5O2S/c1-30(2,37)14-12-24-9-11-27(38-24)28-32-25-10-6-22(20-26(25)33-28)29(36)31-23-7-4-21(5-8-23)13-15-35-18-16-34(3)17-19-35/h4-11,20,37H,13,15-19H2,1-3H3,(H,31,36)(H,32,33). The van der Waals surface area contributed by atoms with Crippen LogP contribution < -0.4 is 5.32 Å². The van der Waals surface area contributed by atoms with Gasteiger partial charge in [-0.2, -0.15) is 0 Å². The van der Waals surface area contributed by atoms with E-state index in [1.807, 2.05) is 36.4 Å². The number of carbonyl (C=O) groups is 1. The molecule has 196 valence electrons. The van der Waals surface area contributed by atoms with Crippen LogP contribution >= 0.6 is 11.3 Å². The predicted octanol–water partition coefficient (Wildman–Crippen LogP) is 4.46. The quantitative estimate of drug-likeness (QED) is 0.323. The largest absolute Gasteiger partial charge is 0.378 e. The summed E-state index contributed by atoms with van der Waals surface area (Å²) in [6.07, 6.45) is 1.01. The summed E-state index contributed by atoms with van der Waals surface area (Å²) in [6.45, 7) is 8.89. The number of nitrogens with zero attached hydrogens (tertiary/aromatic N) is 3. The van der Waals surface area contributed by atoms with Crippen molar-refractivity contribution in [3.8, 4) is 22.5 Å². The summed E-state index contributed by atoms with van der Waals surface area (Å²) in [5.41, 5.74) is 3.17. The molecule has 0 saturated carbocycles. The molecule has 1 amide bonds. The number of anilines is 1. The number of hydrogen-bond acceptors (Lipinski definition) is 6. The number of imidazole rings is 1. The Morgan fingerprint density at radius 3 is 2.61 bits per heavy atom. The first-order chi connectivity index (χ1) is 18.2. The fourth-order valence-electron chi connectivity index (χ4n) is 4.33. The third-order valence-electron chi connectivity index (χ3n) is 6.60. The van der Waals surface area contributed by atoms with Crippen molar-refractivity contribution < 1.29 is 9.90 Å². The molecule has 1 aliphatic rings. The summed E-state index contributed by atoms with van der Waals surface area (Å²) in [7, 11) is 2.17. The van der Waals surface area contributed by atoms with Crippen molar-refractivity contribution >= 4 is 34.0 Å². The molecule has 0 spiro atoms. The van der Waals surface area contributed by atoms with Gasteiger partial charge in [-0.25, -0.2) is 4.98 Å². The van der Waals surface area contributed by atoms with E-state index in [9.17, 15) is 9.90 Å². The first-order valence-electron chi connectivity index (χ1n) is 12.9. The van der Waals surface area contributed by atoms with Crippen molar-refractivity contribution in [1.29, 1.82) is 0 Å². The number of aromatic nitrogens is 2. The van der Waals surface area contributed by atoms with E-state index < -0.39 is 5.60 Å². The van der Waals surface area contributed by atoms with E-state index in [0.29, 0.717) is 5.56 Å². The normalized spacial score (nSPS) is 14.8. The number of likely N-dealkylation sites (N-methyl/N-ethyl adjacent to an activating group) is 1. The second-order valence-corrected chi connectivity index (χ2v) is 11.4. The zero-order valence-corrected chi connectivity index (χ0v) is 22.9. The highest BCUT2D eigenvalue weighted by Crippen LogP contribution is 2.28. The Balaban J connectivity index is 1.21. The van der Waals surface area contributed by atoms with Gasteiger partial charge in [0.15, 0.2) is 0 Å². The van der Waals surface area contributed by atoms with Gasteiger partial charge in [-0.15, -0.1) is 11.3 Å². The number of thiophene rings is 1. The third kappa shape index (κ3) is 6.69. The maximum Gasteiger partial charge on any atom is 0.255 e. The average molecular weight is 528 g/mol. The molecule has 0 bridgehead atoms. The van der Waals surface area contributed by atoms with E-state index in [-0.39, 0.29) is 5.91 Å². The molecule has 3 N–H and O–H groups in total. The monoisotopic (exact) mass is 527 g/mol. The number of aromatic amines is 1. The lowest BCUT2D eigenvalue weighted by Crippen LogP contribution is -2.45. The summed E-state index contributed by atoms with van der Waals surface area (Å²) in [4.78, 5) is 27.6. The van der Waals surface area contributed by atoms with E-state index in [0.717, 1.165) is 71.4 Å². The van der Waals surface area contributed by atoms with Gasteiger partial charge < -0.3 is 25.2 Å². The van der Waals surface area contributed by atoms with Crippen molar-refractivity contribution in [2.75, 3.05) is 45.1 Å². The molecule has 0 atom stereocenters. The van der Waals surface area contributed by atoms with Gasteiger partial charge in [-0.1, -0.05) is 24.0 Å². The first kappa shape index (κ1) is 26.1. The molecule has 1 aliphatic heterocycles. The molecule has 4 aromatic rings. The Kier molecular flexibility index (Phi) is 7.63. The van der Waals surface area contributed by atoms with Gasteiger partial charge in [0.1, 0.15) is 11.4 Å². The van der Waals surface area contributed by atoms with E-state index in [1.54, 1.807) is 19.9 Å². The van der Waals surface area contributed by atoms with E-state index in [2.05, 4.69) is 56.1 Å². The molecular formula is C30H33N5O2S. The average Bonchev–Trinajstić information content (AvgIpc) is 3.54. The lowest BCUT2D eigenvalue weighted by atomic mass is 10.1. The summed E-state index contributed by atoms with van der Waals surface area (Å²) in [6, 6.07) is 17.5. The van der Waals surface area contributed by atoms with Crippen LogP contribution in [0.2, 0.25) is 0 Å². The molecule has 2 aromatic heterocycles. The van der Waals surface area contributed by atoms with Gasteiger partial charge in [0, 0.05) is 44.0 Å². The van der Waals surface area contributed by atoms with Crippen LogP contribution in [0.4, 0.5) is 5.69 Å². The zero-order valence-electron chi connectivity index (χ0n) is 22.0. The van der Waals surface area contributed by atoms with Crippen LogP contribution in [0, 0.1) is 11.8 Å². The summed E-state index contributed by atoms with van der Waals surface area (Å²) in [5, 5.41) is 12.8. The zero-order chi connectivity index (χ0) is 26.7. The van der Waals surface area contributed by atoms with Gasteiger partial charge in [0.25, 0.3) is 5.91 Å². The number of nitrogens with one attached hydrogen (secondary N) is 2. The second kappa shape index (κ2) is 11.1. The smallest absolute Gasteiger partial charge is 0.255 e. The summed E-state index contributed by atoms with van der Waals surface area (Å²) < 4.78 is 0. The van der Waals surface area contributed by atoms with E-state index in [4.69, 9.17) is 0 Å². The van der Waals surface area contributed by atoms with Gasteiger partial charge in [-0.3, -0.25) is 4.79 Å². The van der Waals surface area contributed by atoms with Crippen molar-refractivity contribution in [3.05, 3.63) is 70.6 Å². The third-order valence-corrected chi connectivity index (χ3v) is 7.61. The van der Waals surface area contributed by atoms with Gasteiger partial charge >= 0.3 is 0 Å². The molecule has 1 fully saturated rings. The van der Waals surface area contributed by atoms with Crippen molar-refractivity contribution in [1.82, 2.24) is 19.8 Å². The summed E-state index contributed by atoms with van der Waals surface area (Å²) in [5.74, 6) is 6.40. The number of piperazine rings is 1. The molecule has 8 heteroatoms. The summed E-state index contributed by atoms with van der Waals surface area (Å²) >= 11 is 1.50. The highest BCUT2D eigenvalue weighted by molar-refractivity contribution is 7.15. The number of carbonyl (C=O) groups excluding carboxylic acids is 1. The van der Waals surface area contributed by atoms with Crippen LogP contribution in [0.3, 0.4) is 0 Å². The number of rotatable bonds is 6.